The summed E-state index contributed by atoms with van der Waals surface area (Å²) >= 11 is 5.63. The van der Waals surface area contributed by atoms with Crippen LogP contribution < -0.4 is 0 Å². The van der Waals surface area contributed by atoms with E-state index in [9.17, 15) is 9.59 Å². The fourth-order valence-corrected chi connectivity index (χ4v) is 1.07. The molecular weight excluding hydrogens is 210 g/mol. The van der Waals surface area contributed by atoms with Crippen molar-refractivity contribution in [3.8, 4) is 0 Å². The summed E-state index contributed by atoms with van der Waals surface area (Å²) in [5.41, 5.74) is 0. The maximum absolute atomic E-state index is 11.4. The molecule has 0 saturated heterocycles. The molecule has 0 bridgehead atoms. The highest BCUT2D eigenvalue weighted by Gasteiger charge is 2.19. The molecule has 0 aliphatic rings. The molecule has 6 heteroatoms. The fraction of sp³-hybridized carbons (Fsp3) is 0.250. The first-order chi connectivity index (χ1) is 6.52. The quantitative estimate of drug-likeness (QED) is 0.823. The van der Waals surface area contributed by atoms with Crippen LogP contribution in [0.3, 0.4) is 0 Å². The van der Waals surface area contributed by atoms with E-state index in [1.54, 1.807) is 0 Å². The summed E-state index contributed by atoms with van der Waals surface area (Å²) in [6.07, 6.45) is 1.27. The molecule has 0 fully saturated rings. The van der Waals surface area contributed by atoms with Crippen LogP contribution in [0.4, 0.5) is 0 Å². The lowest BCUT2D eigenvalue weighted by Crippen LogP contribution is -2.31. The van der Waals surface area contributed by atoms with Crippen molar-refractivity contribution < 1.29 is 19.1 Å². The number of halogens is 1. The maximum atomic E-state index is 11.4. The third-order valence-corrected chi connectivity index (χ3v) is 1.83. The van der Waals surface area contributed by atoms with E-state index in [-0.39, 0.29) is 10.8 Å². The van der Waals surface area contributed by atoms with Gasteiger partial charge in [0.2, 0.25) is 5.76 Å². The van der Waals surface area contributed by atoms with E-state index < -0.39 is 18.4 Å². The van der Waals surface area contributed by atoms with Crippen molar-refractivity contribution >= 4 is 23.5 Å². The second kappa shape index (κ2) is 4.15. The normalized spacial score (nSPS) is 9.86. The molecule has 1 rings (SSSR count). The van der Waals surface area contributed by atoms with Crippen LogP contribution in [0.15, 0.2) is 16.7 Å². The van der Waals surface area contributed by atoms with Crippen LogP contribution in [0.2, 0.25) is 5.02 Å². The lowest BCUT2D eigenvalue weighted by molar-refractivity contribution is -0.137. The molecule has 0 saturated carbocycles. The highest BCUT2D eigenvalue weighted by Crippen LogP contribution is 2.17. The number of carboxylic acid groups (broad SMARTS) is 1. The van der Waals surface area contributed by atoms with Gasteiger partial charge in [-0.3, -0.25) is 9.59 Å². The first-order valence-electron chi connectivity index (χ1n) is 3.72. The number of rotatable bonds is 3. The number of hydrogen-bond acceptors (Lipinski definition) is 3. The van der Waals surface area contributed by atoms with Crippen molar-refractivity contribution in [3.05, 3.63) is 23.1 Å². The standard InChI is InChI=1S/C8H8ClNO4/c1-10(4-6(11)12)8(13)7-5(9)2-3-14-7/h2-3H,4H2,1H3,(H,11,12). The van der Waals surface area contributed by atoms with Gasteiger partial charge in [0.25, 0.3) is 5.91 Å². The van der Waals surface area contributed by atoms with E-state index in [2.05, 4.69) is 0 Å². The molecule has 76 valence electrons. The second-order valence-electron chi connectivity index (χ2n) is 2.65. The van der Waals surface area contributed by atoms with E-state index >= 15 is 0 Å². The molecule has 14 heavy (non-hydrogen) atoms. The molecule has 0 aliphatic heterocycles. The van der Waals surface area contributed by atoms with Crippen LogP contribution in [0.1, 0.15) is 10.6 Å². The molecular formula is C8H8ClNO4. The van der Waals surface area contributed by atoms with Gasteiger partial charge in [0, 0.05) is 7.05 Å². The molecule has 0 radical (unpaired) electrons. The summed E-state index contributed by atoms with van der Waals surface area (Å²) in [5.74, 6) is -1.69. The zero-order chi connectivity index (χ0) is 10.7. The van der Waals surface area contributed by atoms with Crippen molar-refractivity contribution in [2.45, 2.75) is 0 Å². The van der Waals surface area contributed by atoms with Crippen LogP contribution in [-0.4, -0.2) is 35.5 Å². The predicted molar refractivity (Wildman–Crippen MR) is 48.3 cm³/mol. The SMILES string of the molecule is CN(CC(=O)O)C(=O)c1occc1Cl. The number of furan rings is 1. The molecule has 0 spiro atoms. The van der Waals surface area contributed by atoms with E-state index in [0.29, 0.717) is 0 Å². The minimum Gasteiger partial charge on any atom is -0.480 e. The van der Waals surface area contributed by atoms with E-state index in [1.165, 1.54) is 19.4 Å². The topological polar surface area (TPSA) is 70.8 Å². The van der Waals surface area contributed by atoms with E-state index in [0.717, 1.165) is 4.90 Å². The van der Waals surface area contributed by atoms with Crippen LogP contribution in [-0.2, 0) is 4.79 Å². The summed E-state index contributed by atoms with van der Waals surface area (Å²) in [4.78, 5) is 22.8. The number of nitrogens with zero attached hydrogens (tertiary/aromatic N) is 1. The Kier molecular flexibility index (Phi) is 3.14. The average Bonchev–Trinajstić information content (AvgIpc) is 2.48. The Morgan fingerprint density at radius 1 is 1.64 bits per heavy atom. The Morgan fingerprint density at radius 2 is 2.29 bits per heavy atom. The van der Waals surface area contributed by atoms with Gasteiger partial charge in [-0.25, -0.2) is 0 Å². The number of likely N-dealkylation sites (N-methyl/N-ethyl adjacent to an activating group) is 1. The van der Waals surface area contributed by atoms with Gasteiger partial charge in [0.05, 0.1) is 11.3 Å². The largest absolute Gasteiger partial charge is 0.480 e. The first-order valence-corrected chi connectivity index (χ1v) is 4.10. The summed E-state index contributed by atoms with van der Waals surface area (Å²) in [6, 6.07) is 1.42. The van der Waals surface area contributed by atoms with Gasteiger partial charge >= 0.3 is 5.97 Å². The van der Waals surface area contributed by atoms with Gasteiger partial charge < -0.3 is 14.4 Å². The molecule has 0 atom stereocenters. The van der Waals surface area contributed by atoms with Crippen molar-refractivity contribution in [1.82, 2.24) is 4.90 Å². The summed E-state index contributed by atoms with van der Waals surface area (Å²) < 4.78 is 4.81. The summed E-state index contributed by atoms with van der Waals surface area (Å²) in [6.45, 7) is -0.393. The predicted octanol–water partition coefficient (Wildman–Crippen LogP) is 1.09. The van der Waals surface area contributed by atoms with Gasteiger partial charge in [-0.1, -0.05) is 11.6 Å². The number of amides is 1. The summed E-state index contributed by atoms with van der Waals surface area (Å²) in [7, 11) is 1.36. The molecule has 5 nitrogen and oxygen atoms in total. The minimum absolute atomic E-state index is 0.0459. The molecule has 0 unspecified atom stereocenters. The Morgan fingerprint density at radius 3 is 2.71 bits per heavy atom. The van der Waals surface area contributed by atoms with E-state index in [1.807, 2.05) is 0 Å². The summed E-state index contributed by atoms with van der Waals surface area (Å²) in [5, 5.41) is 8.62. The van der Waals surface area contributed by atoms with Gasteiger partial charge in [-0.2, -0.15) is 0 Å². The highest BCUT2D eigenvalue weighted by molar-refractivity contribution is 6.33. The zero-order valence-electron chi connectivity index (χ0n) is 7.36. The van der Waals surface area contributed by atoms with Gasteiger partial charge in [0.15, 0.2) is 0 Å². The molecule has 0 aromatic carbocycles. The molecule has 0 aliphatic carbocycles. The average molecular weight is 218 g/mol. The lowest BCUT2D eigenvalue weighted by Gasteiger charge is -2.12. The van der Waals surface area contributed by atoms with Gasteiger partial charge in [0.1, 0.15) is 6.54 Å². The highest BCUT2D eigenvalue weighted by atomic mass is 35.5. The smallest absolute Gasteiger partial charge is 0.323 e. The van der Waals surface area contributed by atoms with Crippen LogP contribution in [0.25, 0.3) is 0 Å². The Bertz CT molecular complexity index is 360. The number of carboxylic acids is 1. The molecule has 1 N–H and O–H groups in total. The zero-order valence-corrected chi connectivity index (χ0v) is 8.11. The number of hydrogen-bond donors (Lipinski definition) is 1. The molecule has 1 amide bonds. The lowest BCUT2D eigenvalue weighted by atomic mass is 10.4. The van der Waals surface area contributed by atoms with Crippen molar-refractivity contribution in [1.29, 1.82) is 0 Å². The van der Waals surface area contributed by atoms with Crippen LogP contribution >= 0.6 is 11.6 Å². The molecule has 1 heterocycles. The molecule has 1 aromatic heterocycles. The van der Waals surface area contributed by atoms with Crippen molar-refractivity contribution in [2.75, 3.05) is 13.6 Å². The third-order valence-electron chi connectivity index (χ3n) is 1.53. The van der Waals surface area contributed by atoms with Crippen molar-refractivity contribution in [3.63, 3.8) is 0 Å². The van der Waals surface area contributed by atoms with Crippen LogP contribution in [0, 0.1) is 0 Å². The van der Waals surface area contributed by atoms with Crippen molar-refractivity contribution in [2.24, 2.45) is 0 Å². The van der Waals surface area contributed by atoms with Gasteiger partial charge in [-0.05, 0) is 6.07 Å². The fourth-order valence-electron chi connectivity index (χ4n) is 0.894. The Hall–Kier alpha value is -1.49. The minimum atomic E-state index is -1.09. The number of carbonyl (C=O) groups excluding carboxylic acids is 1. The Labute approximate surface area is 84.9 Å². The maximum Gasteiger partial charge on any atom is 0.323 e. The monoisotopic (exact) mass is 217 g/mol. The second-order valence-corrected chi connectivity index (χ2v) is 3.06. The number of aliphatic carboxylic acids is 1. The van der Waals surface area contributed by atoms with Gasteiger partial charge in [-0.15, -0.1) is 0 Å². The molecule has 1 aromatic rings. The first kappa shape index (κ1) is 10.6. The third kappa shape index (κ3) is 2.26. The Balaban J connectivity index is 2.76. The number of carbonyl (C=O) groups is 2. The van der Waals surface area contributed by atoms with Crippen LogP contribution in [0.5, 0.6) is 0 Å². The van der Waals surface area contributed by atoms with E-state index in [4.69, 9.17) is 21.1 Å².